The first-order chi connectivity index (χ1) is 6.88. The summed E-state index contributed by atoms with van der Waals surface area (Å²) in [4.78, 5) is 0.864. The molecule has 0 N–H and O–H groups in total. The molecule has 0 aromatic heterocycles. The lowest BCUT2D eigenvalue weighted by atomic mass is 9.94. The van der Waals surface area contributed by atoms with Gasteiger partial charge in [0.05, 0.1) is 10.8 Å². The quantitative estimate of drug-likeness (QED) is 0.789. The van der Waals surface area contributed by atoms with Gasteiger partial charge in [0.25, 0.3) is 0 Å². The minimum atomic E-state index is -0.897. The number of hydrogen-bond donors (Lipinski definition) is 0. The highest BCUT2D eigenvalue weighted by molar-refractivity contribution is 7.85. The van der Waals surface area contributed by atoms with Crippen molar-refractivity contribution in [2.75, 3.05) is 5.75 Å². The number of benzene rings is 1. The topological polar surface area (TPSA) is 17.1 Å². The first-order valence-corrected chi connectivity index (χ1v) is 6.72. The maximum absolute atomic E-state index is 11.9. The molecule has 0 bridgehead atoms. The maximum Gasteiger partial charge on any atom is 0.0529 e. The lowest BCUT2D eigenvalue weighted by Gasteiger charge is -2.17. The third kappa shape index (κ3) is 4.80. The Hall–Kier alpha value is -0.340. The molecule has 0 spiro atoms. The van der Waals surface area contributed by atoms with Crippen molar-refractivity contribution in [2.45, 2.75) is 32.1 Å². The normalized spacial score (nSPS) is 13.9. The van der Waals surface area contributed by atoms with Crippen molar-refractivity contribution in [3.8, 4) is 0 Å². The van der Waals surface area contributed by atoms with Gasteiger partial charge in [0.15, 0.2) is 0 Å². The highest BCUT2D eigenvalue weighted by Gasteiger charge is 2.12. The molecule has 1 atom stereocenters. The van der Waals surface area contributed by atoms with Gasteiger partial charge in [-0.2, -0.15) is 0 Å². The van der Waals surface area contributed by atoms with Crippen molar-refractivity contribution in [3.63, 3.8) is 0 Å². The molecule has 0 saturated carbocycles. The van der Waals surface area contributed by atoms with Crippen LogP contribution >= 0.6 is 11.6 Å². The van der Waals surface area contributed by atoms with Gasteiger partial charge in [0.1, 0.15) is 0 Å². The van der Waals surface area contributed by atoms with Gasteiger partial charge in [-0.3, -0.25) is 4.21 Å². The van der Waals surface area contributed by atoms with E-state index in [0.717, 1.165) is 11.3 Å². The van der Waals surface area contributed by atoms with Crippen LogP contribution in [-0.4, -0.2) is 9.96 Å². The molecule has 0 aliphatic rings. The summed E-state index contributed by atoms with van der Waals surface area (Å²) in [5, 5.41) is 0.687. The fraction of sp³-hybridized carbons (Fsp3) is 0.500. The molecular formula is C12H17ClOS. The monoisotopic (exact) mass is 244 g/mol. The van der Waals surface area contributed by atoms with Crippen molar-refractivity contribution in [3.05, 3.63) is 29.3 Å². The zero-order valence-electron chi connectivity index (χ0n) is 9.42. The van der Waals surface area contributed by atoms with Crippen LogP contribution in [0.2, 0.25) is 5.02 Å². The second kappa shape index (κ2) is 5.13. The Morgan fingerprint density at radius 1 is 1.20 bits per heavy atom. The van der Waals surface area contributed by atoms with Crippen LogP contribution in [0.15, 0.2) is 29.2 Å². The molecular weight excluding hydrogens is 228 g/mol. The Morgan fingerprint density at radius 3 is 2.20 bits per heavy atom. The first kappa shape index (κ1) is 12.7. The van der Waals surface area contributed by atoms with E-state index < -0.39 is 10.8 Å². The molecule has 0 radical (unpaired) electrons. The van der Waals surface area contributed by atoms with Crippen molar-refractivity contribution in [1.29, 1.82) is 0 Å². The van der Waals surface area contributed by atoms with Crippen LogP contribution in [0, 0.1) is 5.41 Å². The number of hydrogen-bond acceptors (Lipinski definition) is 1. The molecule has 0 amide bonds. The summed E-state index contributed by atoms with van der Waals surface area (Å²) in [5.74, 6) is 0.713. The van der Waals surface area contributed by atoms with E-state index in [-0.39, 0.29) is 5.41 Å². The van der Waals surface area contributed by atoms with Gasteiger partial charge in [-0.1, -0.05) is 32.4 Å². The molecule has 1 nitrogen and oxygen atoms in total. The largest absolute Gasteiger partial charge is 0.254 e. The van der Waals surface area contributed by atoms with E-state index in [4.69, 9.17) is 11.6 Å². The molecule has 84 valence electrons. The van der Waals surface area contributed by atoms with E-state index >= 15 is 0 Å². The Morgan fingerprint density at radius 2 is 1.73 bits per heavy atom. The second-order valence-electron chi connectivity index (χ2n) is 4.81. The maximum atomic E-state index is 11.9. The van der Waals surface area contributed by atoms with E-state index in [1.807, 2.05) is 12.1 Å². The smallest absolute Gasteiger partial charge is 0.0529 e. The molecule has 0 fully saturated rings. The molecule has 3 heteroatoms. The molecule has 15 heavy (non-hydrogen) atoms. The zero-order chi connectivity index (χ0) is 11.5. The zero-order valence-corrected chi connectivity index (χ0v) is 11.0. The van der Waals surface area contributed by atoms with Crippen LogP contribution in [-0.2, 0) is 10.8 Å². The summed E-state index contributed by atoms with van der Waals surface area (Å²) in [7, 11) is -0.897. The van der Waals surface area contributed by atoms with Crippen LogP contribution < -0.4 is 0 Å². The van der Waals surface area contributed by atoms with E-state index in [0.29, 0.717) is 10.8 Å². The SMILES string of the molecule is CC(C)(C)CCS(=O)c1ccc(Cl)cc1. The minimum Gasteiger partial charge on any atom is -0.254 e. The summed E-state index contributed by atoms with van der Waals surface area (Å²) in [6.07, 6.45) is 0.961. The number of halogens is 1. The Labute approximate surface area is 99.3 Å². The number of rotatable bonds is 3. The Balaban J connectivity index is 2.58. The van der Waals surface area contributed by atoms with Crippen molar-refractivity contribution in [1.82, 2.24) is 0 Å². The Bertz CT molecular complexity index is 338. The van der Waals surface area contributed by atoms with E-state index in [1.54, 1.807) is 12.1 Å². The van der Waals surface area contributed by atoms with Crippen molar-refractivity contribution in [2.24, 2.45) is 5.41 Å². The molecule has 1 aromatic carbocycles. The van der Waals surface area contributed by atoms with Gasteiger partial charge in [0, 0.05) is 15.7 Å². The first-order valence-electron chi connectivity index (χ1n) is 5.02. The van der Waals surface area contributed by atoms with Gasteiger partial charge in [-0.25, -0.2) is 0 Å². The summed E-state index contributed by atoms with van der Waals surface area (Å²) in [6.45, 7) is 6.48. The summed E-state index contributed by atoms with van der Waals surface area (Å²) in [6, 6.07) is 7.24. The van der Waals surface area contributed by atoms with Crippen LogP contribution in [0.4, 0.5) is 0 Å². The molecule has 0 heterocycles. The summed E-state index contributed by atoms with van der Waals surface area (Å²) in [5.41, 5.74) is 0.238. The molecule has 1 aromatic rings. The molecule has 0 aliphatic carbocycles. The average Bonchev–Trinajstić information content (AvgIpc) is 2.14. The van der Waals surface area contributed by atoms with Gasteiger partial charge in [-0.05, 0) is 36.1 Å². The van der Waals surface area contributed by atoms with Gasteiger partial charge < -0.3 is 0 Å². The van der Waals surface area contributed by atoms with Crippen LogP contribution in [0.5, 0.6) is 0 Å². The highest BCUT2D eigenvalue weighted by atomic mass is 35.5. The molecule has 0 aliphatic heterocycles. The lowest BCUT2D eigenvalue weighted by Crippen LogP contribution is -2.10. The fourth-order valence-electron chi connectivity index (χ4n) is 1.10. The highest BCUT2D eigenvalue weighted by Crippen LogP contribution is 2.21. The predicted molar refractivity (Wildman–Crippen MR) is 66.8 cm³/mol. The van der Waals surface area contributed by atoms with Gasteiger partial charge >= 0.3 is 0 Å². The van der Waals surface area contributed by atoms with Gasteiger partial charge in [-0.15, -0.1) is 0 Å². The fourth-order valence-corrected chi connectivity index (χ4v) is 2.70. The predicted octanol–water partition coefficient (Wildman–Crippen LogP) is 3.88. The van der Waals surface area contributed by atoms with Gasteiger partial charge in [0.2, 0.25) is 0 Å². The van der Waals surface area contributed by atoms with Crippen molar-refractivity contribution < 1.29 is 4.21 Å². The second-order valence-corrected chi connectivity index (χ2v) is 6.82. The third-order valence-electron chi connectivity index (χ3n) is 2.11. The lowest BCUT2D eigenvalue weighted by molar-refractivity contribution is 0.400. The third-order valence-corrected chi connectivity index (χ3v) is 3.74. The van der Waals surface area contributed by atoms with E-state index in [2.05, 4.69) is 20.8 Å². The molecule has 1 rings (SSSR count). The van der Waals surface area contributed by atoms with E-state index in [1.165, 1.54) is 0 Å². The van der Waals surface area contributed by atoms with Crippen molar-refractivity contribution >= 4 is 22.4 Å². The summed E-state index contributed by atoms with van der Waals surface area (Å²) >= 11 is 5.77. The van der Waals surface area contributed by atoms with Crippen LogP contribution in [0.3, 0.4) is 0 Å². The molecule has 0 saturated heterocycles. The molecule has 1 unspecified atom stereocenters. The average molecular weight is 245 g/mol. The minimum absolute atomic E-state index is 0.238. The summed E-state index contributed by atoms with van der Waals surface area (Å²) < 4.78 is 11.9. The van der Waals surface area contributed by atoms with Crippen LogP contribution in [0.1, 0.15) is 27.2 Å². The van der Waals surface area contributed by atoms with Crippen LogP contribution in [0.25, 0.3) is 0 Å². The Kier molecular flexibility index (Phi) is 4.35. The van der Waals surface area contributed by atoms with E-state index in [9.17, 15) is 4.21 Å². The standard InChI is InChI=1S/C12H17ClOS/c1-12(2,3)8-9-15(14)11-6-4-10(13)5-7-11/h4-7H,8-9H2,1-3H3.